The summed E-state index contributed by atoms with van der Waals surface area (Å²) in [4.78, 5) is 12.0. The highest BCUT2D eigenvalue weighted by Crippen LogP contribution is 2.48. The molecule has 0 aromatic heterocycles. The van der Waals surface area contributed by atoms with Crippen LogP contribution in [0.25, 0.3) is 0 Å². The van der Waals surface area contributed by atoms with Crippen molar-refractivity contribution in [2.45, 2.75) is 32.6 Å². The van der Waals surface area contributed by atoms with Crippen molar-refractivity contribution in [2.24, 2.45) is 5.41 Å². The molecular formula is C14H19ClN2O. The summed E-state index contributed by atoms with van der Waals surface area (Å²) in [6.45, 7) is 2.92. The predicted molar refractivity (Wildman–Crippen MR) is 74.8 cm³/mol. The van der Waals surface area contributed by atoms with E-state index in [1.54, 1.807) is 18.2 Å². The molecule has 1 aliphatic rings. The minimum Gasteiger partial charge on any atom is -0.397 e. The molecule has 0 radical (unpaired) electrons. The number of halogens is 1. The molecule has 0 spiro atoms. The van der Waals surface area contributed by atoms with Crippen LogP contribution < -0.4 is 11.1 Å². The number of carbonyl (C=O) groups excluding carboxylic acids is 1. The summed E-state index contributed by atoms with van der Waals surface area (Å²) in [5.41, 5.74) is 6.98. The number of hydrogen-bond donors (Lipinski definition) is 2. The Hall–Kier alpha value is -1.22. The monoisotopic (exact) mass is 266 g/mol. The van der Waals surface area contributed by atoms with Crippen LogP contribution in [-0.2, 0) is 0 Å². The van der Waals surface area contributed by atoms with Crippen molar-refractivity contribution in [1.82, 2.24) is 5.32 Å². The van der Waals surface area contributed by atoms with Gasteiger partial charge in [-0.1, -0.05) is 31.0 Å². The Morgan fingerprint density at radius 3 is 2.83 bits per heavy atom. The molecule has 1 aromatic rings. The smallest absolute Gasteiger partial charge is 0.253 e. The lowest BCUT2D eigenvalue weighted by Crippen LogP contribution is -2.30. The van der Waals surface area contributed by atoms with Crippen LogP contribution in [-0.4, -0.2) is 12.5 Å². The first kappa shape index (κ1) is 13.2. The van der Waals surface area contributed by atoms with E-state index in [2.05, 4.69) is 12.2 Å². The number of carbonyl (C=O) groups is 1. The lowest BCUT2D eigenvalue weighted by molar-refractivity contribution is 0.0944. The average Bonchev–Trinajstić information content (AvgIpc) is 3.11. The van der Waals surface area contributed by atoms with Gasteiger partial charge in [0.05, 0.1) is 16.3 Å². The number of rotatable bonds is 5. The van der Waals surface area contributed by atoms with Crippen molar-refractivity contribution >= 4 is 23.2 Å². The molecule has 0 atom stereocenters. The summed E-state index contributed by atoms with van der Waals surface area (Å²) in [6.07, 6.45) is 4.77. The van der Waals surface area contributed by atoms with E-state index in [9.17, 15) is 4.79 Å². The van der Waals surface area contributed by atoms with Crippen LogP contribution in [0, 0.1) is 5.41 Å². The highest BCUT2D eigenvalue weighted by atomic mass is 35.5. The fraction of sp³-hybridized carbons (Fsp3) is 0.500. The van der Waals surface area contributed by atoms with Gasteiger partial charge >= 0.3 is 0 Å². The Morgan fingerprint density at radius 1 is 1.50 bits per heavy atom. The highest BCUT2D eigenvalue weighted by molar-refractivity contribution is 6.33. The molecule has 0 unspecified atom stereocenters. The van der Waals surface area contributed by atoms with E-state index in [-0.39, 0.29) is 5.91 Å². The molecule has 4 heteroatoms. The quantitative estimate of drug-likeness (QED) is 0.804. The van der Waals surface area contributed by atoms with Crippen LogP contribution in [0.2, 0.25) is 5.02 Å². The van der Waals surface area contributed by atoms with Gasteiger partial charge in [0.25, 0.3) is 5.91 Å². The second kappa shape index (κ2) is 5.19. The van der Waals surface area contributed by atoms with Crippen LogP contribution in [0.1, 0.15) is 43.0 Å². The van der Waals surface area contributed by atoms with Gasteiger partial charge in [-0.2, -0.15) is 0 Å². The zero-order valence-electron chi connectivity index (χ0n) is 10.6. The number of para-hydroxylation sites is 1. The van der Waals surface area contributed by atoms with Crippen LogP contribution >= 0.6 is 11.6 Å². The number of anilines is 1. The van der Waals surface area contributed by atoms with Crippen LogP contribution in [0.3, 0.4) is 0 Å². The van der Waals surface area contributed by atoms with E-state index in [0.717, 1.165) is 13.0 Å². The zero-order valence-corrected chi connectivity index (χ0v) is 11.4. The molecule has 98 valence electrons. The van der Waals surface area contributed by atoms with Gasteiger partial charge in [-0.15, -0.1) is 0 Å². The van der Waals surface area contributed by atoms with Gasteiger partial charge in [0.2, 0.25) is 0 Å². The molecule has 0 bridgehead atoms. The summed E-state index contributed by atoms with van der Waals surface area (Å²) >= 11 is 5.91. The largest absolute Gasteiger partial charge is 0.397 e. The normalized spacial score (nSPS) is 16.3. The van der Waals surface area contributed by atoms with Gasteiger partial charge in [0, 0.05) is 6.54 Å². The van der Waals surface area contributed by atoms with Crippen molar-refractivity contribution < 1.29 is 4.79 Å². The van der Waals surface area contributed by atoms with Gasteiger partial charge in [-0.3, -0.25) is 4.79 Å². The van der Waals surface area contributed by atoms with Crippen molar-refractivity contribution in [2.75, 3.05) is 12.3 Å². The minimum atomic E-state index is -0.127. The van der Waals surface area contributed by atoms with E-state index in [4.69, 9.17) is 17.3 Å². The number of nitrogens with one attached hydrogen (secondary N) is 1. The standard InChI is InChI=1S/C14H19ClN2O/c1-2-6-14(7-8-14)9-17-13(18)10-4-3-5-11(15)12(10)16/h3-5H,2,6-9,16H2,1H3,(H,17,18). The molecule has 2 rings (SSSR count). The fourth-order valence-electron chi connectivity index (χ4n) is 2.32. The Labute approximate surface area is 113 Å². The lowest BCUT2D eigenvalue weighted by atomic mass is 10.0. The Kier molecular flexibility index (Phi) is 3.81. The molecule has 3 nitrogen and oxygen atoms in total. The zero-order chi connectivity index (χ0) is 13.2. The van der Waals surface area contributed by atoms with E-state index in [1.165, 1.54) is 19.3 Å². The third-order valence-electron chi connectivity index (χ3n) is 3.66. The third kappa shape index (κ3) is 2.78. The highest BCUT2D eigenvalue weighted by Gasteiger charge is 2.41. The van der Waals surface area contributed by atoms with E-state index in [0.29, 0.717) is 21.7 Å². The van der Waals surface area contributed by atoms with Gasteiger partial charge in [0.15, 0.2) is 0 Å². The summed E-state index contributed by atoms with van der Waals surface area (Å²) < 4.78 is 0. The Morgan fingerprint density at radius 2 is 2.22 bits per heavy atom. The summed E-state index contributed by atoms with van der Waals surface area (Å²) in [5.74, 6) is -0.127. The first-order chi connectivity index (χ1) is 8.58. The SMILES string of the molecule is CCCC1(CNC(=O)c2cccc(Cl)c2N)CC1. The Bertz CT molecular complexity index is 455. The van der Waals surface area contributed by atoms with E-state index in [1.807, 2.05) is 0 Å². The first-order valence-corrected chi connectivity index (χ1v) is 6.78. The fourth-order valence-corrected chi connectivity index (χ4v) is 2.49. The molecule has 18 heavy (non-hydrogen) atoms. The second-order valence-corrected chi connectivity index (χ2v) is 5.54. The maximum atomic E-state index is 12.0. The van der Waals surface area contributed by atoms with Gasteiger partial charge < -0.3 is 11.1 Å². The molecule has 0 heterocycles. The lowest BCUT2D eigenvalue weighted by Gasteiger charge is -2.15. The minimum absolute atomic E-state index is 0.127. The molecular weight excluding hydrogens is 248 g/mol. The van der Waals surface area contributed by atoms with Crippen molar-refractivity contribution in [1.29, 1.82) is 0 Å². The maximum absolute atomic E-state index is 12.0. The Balaban J connectivity index is 1.98. The molecule has 3 N–H and O–H groups in total. The van der Waals surface area contributed by atoms with E-state index < -0.39 is 0 Å². The second-order valence-electron chi connectivity index (χ2n) is 5.13. The molecule has 1 fully saturated rings. The molecule has 0 aliphatic heterocycles. The number of hydrogen-bond acceptors (Lipinski definition) is 2. The number of amides is 1. The van der Waals surface area contributed by atoms with Crippen LogP contribution in [0.4, 0.5) is 5.69 Å². The van der Waals surface area contributed by atoms with Crippen molar-refractivity contribution in [3.63, 3.8) is 0 Å². The summed E-state index contributed by atoms with van der Waals surface area (Å²) in [7, 11) is 0. The van der Waals surface area contributed by atoms with Gasteiger partial charge in [-0.25, -0.2) is 0 Å². The number of nitrogen functional groups attached to an aromatic ring is 1. The van der Waals surface area contributed by atoms with Crippen LogP contribution in [0.5, 0.6) is 0 Å². The first-order valence-electron chi connectivity index (χ1n) is 6.40. The predicted octanol–water partition coefficient (Wildman–Crippen LogP) is 3.23. The number of nitrogens with two attached hydrogens (primary N) is 1. The molecule has 1 aromatic carbocycles. The molecule has 1 amide bonds. The van der Waals surface area contributed by atoms with E-state index >= 15 is 0 Å². The van der Waals surface area contributed by atoms with Crippen molar-refractivity contribution in [3.05, 3.63) is 28.8 Å². The average molecular weight is 267 g/mol. The third-order valence-corrected chi connectivity index (χ3v) is 3.99. The number of benzene rings is 1. The maximum Gasteiger partial charge on any atom is 0.253 e. The van der Waals surface area contributed by atoms with Crippen LogP contribution in [0.15, 0.2) is 18.2 Å². The molecule has 1 aliphatic carbocycles. The topological polar surface area (TPSA) is 55.1 Å². The van der Waals surface area contributed by atoms with Crippen molar-refractivity contribution in [3.8, 4) is 0 Å². The summed E-state index contributed by atoms with van der Waals surface area (Å²) in [5, 5.41) is 3.41. The molecule has 0 saturated heterocycles. The van der Waals surface area contributed by atoms with Gasteiger partial charge in [-0.05, 0) is 36.8 Å². The molecule has 1 saturated carbocycles. The van der Waals surface area contributed by atoms with Gasteiger partial charge in [0.1, 0.15) is 0 Å². The summed E-state index contributed by atoms with van der Waals surface area (Å²) in [6, 6.07) is 5.13.